The molecule has 1 aliphatic rings. The number of halogens is 2. The molecule has 2 heterocycles. The fourth-order valence-corrected chi connectivity index (χ4v) is 3.41. The summed E-state index contributed by atoms with van der Waals surface area (Å²) in [7, 11) is 0. The standard InChI is InChI=1S/C21H18ClFN2O/c22-21-15(4-3-6-17(21)16-5-1-2-7-18(16)23)13-26-20-9-8-14-12-24-11-10-19(14)25-20/h1-9,24H,10-13H2. The van der Waals surface area contributed by atoms with E-state index in [2.05, 4.69) is 10.3 Å². The van der Waals surface area contributed by atoms with E-state index in [-0.39, 0.29) is 12.4 Å². The van der Waals surface area contributed by atoms with Gasteiger partial charge in [-0.2, -0.15) is 0 Å². The van der Waals surface area contributed by atoms with E-state index in [0.717, 1.165) is 30.8 Å². The van der Waals surface area contributed by atoms with E-state index in [1.165, 1.54) is 11.6 Å². The molecule has 1 aliphatic heterocycles. The number of benzene rings is 2. The monoisotopic (exact) mass is 368 g/mol. The van der Waals surface area contributed by atoms with Gasteiger partial charge in [0.1, 0.15) is 12.4 Å². The van der Waals surface area contributed by atoms with Gasteiger partial charge in [0.15, 0.2) is 0 Å². The van der Waals surface area contributed by atoms with Crippen LogP contribution >= 0.6 is 11.6 Å². The highest BCUT2D eigenvalue weighted by Gasteiger charge is 2.14. The molecule has 0 amide bonds. The average Bonchev–Trinajstić information content (AvgIpc) is 2.68. The highest BCUT2D eigenvalue weighted by atomic mass is 35.5. The molecule has 0 atom stereocenters. The van der Waals surface area contributed by atoms with Gasteiger partial charge in [-0.15, -0.1) is 0 Å². The Morgan fingerprint density at radius 3 is 2.77 bits per heavy atom. The fraction of sp³-hybridized carbons (Fsp3) is 0.190. The van der Waals surface area contributed by atoms with E-state index in [9.17, 15) is 4.39 Å². The fourth-order valence-electron chi connectivity index (χ4n) is 3.13. The SMILES string of the molecule is Fc1ccccc1-c1cccc(COc2ccc3c(n2)CCNC3)c1Cl. The zero-order valence-electron chi connectivity index (χ0n) is 14.1. The second-order valence-corrected chi connectivity index (χ2v) is 6.61. The third-order valence-electron chi connectivity index (χ3n) is 4.52. The molecule has 3 aromatic rings. The molecule has 5 heteroatoms. The van der Waals surface area contributed by atoms with Crippen LogP contribution < -0.4 is 10.1 Å². The van der Waals surface area contributed by atoms with E-state index in [1.807, 2.05) is 30.3 Å². The summed E-state index contributed by atoms with van der Waals surface area (Å²) >= 11 is 6.52. The highest BCUT2D eigenvalue weighted by Crippen LogP contribution is 2.32. The Balaban J connectivity index is 1.56. The molecule has 0 spiro atoms. The van der Waals surface area contributed by atoms with Crippen molar-refractivity contribution >= 4 is 11.6 Å². The number of fused-ring (bicyclic) bond motifs is 1. The van der Waals surface area contributed by atoms with Gasteiger partial charge < -0.3 is 10.1 Å². The number of nitrogens with zero attached hydrogens (tertiary/aromatic N) is 1. The van der Waals surface area contributed by atoms with E-state index in [1.54, 1.807) is 18.2 Å². The number of aromatic nitrogens is 1. The second kappa shape index (κ2) is 7.44. The van der Waals surface area contributed by atoms with E-state index >= 15 is 0 Å². The van der Waals surface area contributed by atoms with Gasteiger partial charge in [-0.25, -0.2) is 9.37 Å². The Hall–Kier alpha value is -2.43. The molecule has 0 fully saturated rings. The molecule has 3 nitrogen and oxygen atoms in total. The van der Waals surface area contributed by atoms with Crippen molar-refractivity contribution in [3.63, 3.8) is 0 Å². The van der Waals surface area contributed by atoms with Gasteiger partial charge in [-0.05, 0) is 11.6 Å². The molecule has 4 rings (SSSR count). The van der Waals surface area contributed by atoms with Crippen LogP contribution in [0, 0.1) is 5.82 Å². The molecule has 0 radical (unpaired) electrons. The zero-order chi connectivity index (χ0) is 17.9. The molecular weight excluding hydrogens is 351 g/mol. The minimum Gasteiger partial charge on any atom is -0.473 e. The molecule has 2 aromatic carbocycles. The van der Waals surface area contributed by atoms with Gasteiger partial charge in [0.2, 0.25) is 5.88 Å². The third-order valence-corrected chi connectivity index (χ3v) is 4.96. The van der Waals surface area contributed by atoms with Crippen molar-refractivity contribution in [1.29, 1.82) is 0 Å². The number of pyridine rings is 1. The predicted molar refractivity (Wildman–Crippen MR) is 101 cm³/mol. The quantitative estimate of drug-likeness (QED) is 0.720. The summed E-state index contributed by atoms with van der Waals surface area (Å²) in [5.41, 5.74) is 4.23. The number of ether oxygens (including phenoxy) is 1. The van der Waals surface area contributed by atoms with E-state index in [0.29, 0.717) is 22.0 Å². The maximum Gasteiger partial charge on any atom is 0.213 e. The van der Waals surface area contributed by atoms with Crippen molar-refractivity contribution in [3.05, 3.63) is 82.3 Å². The number of hydrogen-bond donors (Lipinski definition) is 1. The number of hydrogen-bond acceptors (Lipinski definition) is 3. The van der Waals surface area contributed by atoms with Crippen molar-refractivity contribution in [1.82, 2.24) is 10.3 Å². The molecule has 0 unspecified atom stereocenters. The summed E-state index contributed by atoms with van der Waals surface area (Å²) in [5, 5.41) is 3.82. The zero-order valence-corrected chi connectivity index (χ0v) is 14.9. The molecule has 1 aromatic heterocycles. The van der Waals surface area contributed by atoms with Crippen LogP contribution in [0.5, 0.6) is 5.88 Å². The van der Waals surface area contributed by atoms with Crippen LogP contribution in [0.4, 0.5) is 4.39 Å². The molecule has 0 saturated carbocycles. The first-order valence-electron chi connectivity index (χ1n) is 8.57. The van der Waals surface area contributed by atoms with Gasteiger partial charge >= 0.3 is 0 Å². The first-order chi connectivity index (χ1) is 12.7. The lowest BCUT2D eigenvalue weighted by Crippen LogP contribution is -2.24. The van der Waals surface area contributed by atoms with Gasteiger partial charge in [0, 0.05) is 42.3 Å². The lowest BCUT2D eigenvalue weighted by molar-refractivity contribution is 0.292. The van der Waals surface area contributed by atoms with Crippen molar-refractivity contribution in [2.24, 2.45) is 0 Å². The van der Waals surface area contributed by atoms with E-state index in [4.69, 9.17) is 16.3 Å². The summed E-state index contributed by atoms with van der Waals surface area (Å²) in [5.74, 6) is 0.287. The van der Waals surface area contributed by atoms with Crippen molar-refractivity contribution < 1.29 is 9.13 Å². The first kappa shape index (κ1) is 17.0. The summed E-state index contributed by atoms with van der Waals surface area (Å²) in [6.45, 7) is 2.06. The molecule has 0 aliphatic carbocycles. The van der Waals surface area contributed by atoms with Crippen LogP contribution in [-0.4, -0.2) is 11.5 Å². The van der Waals surface area contributed by atoms with Crippen LogP contribution in [0.25, 0.3) is 11.1 Å². The minimum atomic E-state index is -0.294. The molecule has 26 heavy (non-hydrogen) atoms. The molecule has 132 valence electrons. The van der Waals surface area contributed by atoms with Crippen molar-refractivity contribution in [2.75, 3.05) is 6.54 Å². The Kier molecular flexibility index (Phi) is 4.87. The van der Waals surface area contributed by atoms with Gasteiger partial charge in [0.05, 0.1) is 10.7 Å². The largest absolute Gasteiger partial charge is 0.473 e. The average molecular weight is 369 g/mol. The van der Waals surface area contributed by atoms with Crippen LogP contribution in [0.2, 0.25) is 5.02 Å². The Morgan fingerprint density at radius 1 is 1.04 bits per heavy atom. The Bertz CT molecular complexity index is 945. The number of rotatable bonds is 4. The van der Waals surface area contributed by atoms with Gasteiger partial charge in [-0.1, -0.05) is 54.1 Å². The smallest absolute Gasteiger partial charge is 0.213 e. The lowest BCUT2D eigenvalue weighted by atomic mass is 10.0. The normalized spacial score (nSPS) is 13.3. The van der Waals surface area contributed by atoms with Gasteiger partial charge in [0.25, 0.3) is 0 Å². The highest BCUT2D eigenvalue weighted by molar-refractivity contribution is 6.34. The Morgan fingerprint density at radius 2 is 1.88 bits per heavy atom. The second-order valence-electron chi connectivity index (χ2n) is 6.23. The molecule has 0 saturated heterocycles. The maximum atomic E-state index is 14.1. The molecular formula is C21H18ClFN2O. The third kappa shape index (κ3) is 3.43. The summed E-state index contributed by atoms with van der Waals surface area (Å²) in [6, 6.07) is 16.1. The lowest BCUT2D eigenvalue weighted by Gasteiger charge is -2.17. The van der Waals surface area contributed by atoms with Crippen LogP contribution in [-0.2, 0) is 19.6 Å². The van der Waals surface area contributed by atoms with Crippen LogP contribution in [0.15, 0.2) is 54.6 Å². The van der Waals surface area contributed by atoms with Crippen LogP contribution in [0.3, 0.4) is 0 Å². The van der Waals surface area contributed by atoms with Crippen LogP contribution in [0.1, 0.15) is 16.8 Å². The molecule has 0 bridgehead atoms. The topological polar surface area (TPSA) is 34.1 Å². The van der Waals surface area contributed by atoms with Crippen molar-refractivity contribution in [3.8, 4) is 17.0 Å². The minimum absolute atomic E-state index is 0.283. The van der Waals surface area contributed by atoms with E-state index < -0.39 is 0 Å². The predicted octanol–water partition coefficient (Wildman–Crippen LogP) is 4.77. The summed E-state index contributed by atoms with van der Waals surface area (Å²) < 4.78 is 19.9. The van der Waals surface area contributed by atoms with Gasteiger partial charge in [-0.3, -0.25) is 0 Å². The van der Waals surface area contributed by atoms with Crippen molar-refractivity contribution in [2.45, 2.75) is 19.6 Å². The Labute approximate surface area is 156 Å². The first-order valence-corrected chi connectivity index (χ1v) is 8.95. The summed E-state index contributed by atoms with van der Waals surface area (Å²) in [4.78, 5) is 4.59. The number of nitrogens with one attached hydrogen (secondary N) is 1. The molecule has 1 N–H and O–H groups in total. The summed E-state index contributed by atoms with van der Waals surface area (Å²) in [6.07, 6.45) is 0.899. The maximum absolute atomic E-state index is 14.1.